The first-order valence-electron chi connectivity index (χ1n) is 6.13. The lowest BCUT2D eigenvalue weighted by atomic mass is 10.1. The SMILES string of the molecule is C.C.C=C(COC(C)=O)OCOCCOC(=O)C1(C)CC1. The fourth-order valence-electron chi connectivity index (χ4n) is 1.17. The Balaban J connectivity index is 0. The summed E-state index contributed by atoms with van der Waals surface area (Å²) >= 11 is 0. The van der Waals surface area contributed by atoms with E-state index in [0.29, 0.717) is 5.76 Å². The zero-order valence-corrected chi connectivity index (χ0v) is 11.4. The zero-order chi connectivity index (χ0) is 14.3. The van der Waals surface area contributed by atoms with E-state index in [2.05, 4.69) is 11.3 Å². The zero-order valence-electron chi connectivity index (χ0n) is 11.4. The number of hydrogen-bond donors (Lipinski definition) is 0. The van der Waals surface area contributed by atoms with Gasteiger partial charge in [0.2, 0.25) is 0 Å². The molecule has 0 aromatic carbocycles. The predicted molar refractivity (Wildman–Crippen MR) is 79.4 cm³/mol. The summed E-state index contributed by atoms with van der Waals surface area (Å²) in [5.74, 6) is -0.264. The smallest absolute Gasteiger partial charge is 0.311 e. The molecule has 124 valence electrons. The maximum Gasteiger partial charge on any atom is 0.311 e. The van der Waals surface area contributed by atoms with Gasteiger partial charge in [0.15, 0.2) is 6.79 Å². The van der Waals surface area contributed by atoms with E-state index >= 15 is 0 Å². The molecule has 0 spiro atoms. The molecule has 0 aliphatic heterocycles. The molecule has 0 radical (unpaired) electrons. The highest BCUT2D eigenvalue weighted by atomic mass is 16.7. The Kier molecular flexibility index (Phi) is 10.6. The number of carbonyl (C=O) groups excluding carboxylic acids is 2. The maximum absolute atomic E-state index is 11.4. The Morgan fingerprint density at radius 1 is 1.10 bits per heavy atom. The fraction of sp³-hybridized carbons (Fsp3) is 0.733. The van der Waals surface area contributed by atoms with Gasteiger partial charge in [0, 0.05) is 6.92 Å². The van der Waals surface area contributed by atoms with Crippen LogP contribution in [0.5, 0.6) is 0 Å². The van der Waals surface area contributed by atoms with Crippen molar-refractivity contribution in [3.05, 3.63) is 12.3 Å². The van der Waals surface area contributed by atoms with E-state index in [1.165, 1.54) is 6.92 Å². The molecule has 0 aromatic rings. The van der Waals surface area contributed by atoms with E-state index in [0.717, 1.165) is 12.8 Å². The van der Waals surface area contributed by atoms with Gasteiger partial charge in [-0.2, -0.15) is 0 Å². The molecule has 0 saturated heterocycles. The number of carbonyl (C=O) groups is 2. The third-order valence-corrected chi connectivity index (χ3v) is 2.74. The number of esters is 2. The average Bonchev–Trinajstić information content (AvgIpc) is 3.10. The van der Waals surface area contributed by atoms with Crippen molar-refractivity contribution in [1.82, 2.24) is 0 Å². The molecule has 1 aliphatic rings. The van der Waals surface area contributed by atoms with E-state index in [1.54, 1.807) is 0 Å². The van der Waals surface area contributed by atoms with Crippen LogP contribution in [-0.2, 0) is 28.5 Å². The van der Waals surface area contributed by atoms with Crippen molar-refractivity contribution < 1.29 is 28.5 Å². The van der Waals surface area contributed by atoms with Crippen molar-refractivity contribution in [2.45, 2.75) is 41.5 Å². The first kappa shape index (κ1) is 21.7. The van der Waals surface area contributed by atoms with Crippen molar-refractivity contribution in [3.8, 4) is 0 Å². The largest absolute Gasteiger partial charge is 0.469 e. The molecule has 0 N–H and O–H groups in total. The number of rotatable bonds is 9. The second-order valence-corrected chi connectivity index (χ2v) is 4.69. The first-order chi connectivity index (χ1) is 8.94. The topological polar surface area (TPSA) is 71.1 Å². The van der Waals surface area contributed by atoms with Gasteiger partial charge in [-0.05, 0) is 19.8 Å². The lowest BCUT2D eigenvalue weighted by Crippen LogP contribution is -2.18. The second kappa shape index (κ2) is 10.2. The third-order valence-electron chi connectivity index (χ3n) is 2.74. The minimum absolute atomic E-state index is 0. The second-order valence-electron chi connectivity index (χ2n) is 4.69. The van der Waals surface area contributed by atoms with Gasteiger partial charge < -0.3 is 18.9 Å². The monoisotopic (exact) mass is 304 g/mol. The van der Waals surface area contributed by atoms with Crippen LogP contribution >= 0.6 is 0 Å². The van der Waals surface area contributed by atoms with Crippen LogP contribution in [0.25, 0.3) is 0 Å². The molecular weight excluding hydrogens is 276 g/mol. The molecule has 1 saturated carbocycles. The van der Waals surface area contributed by atoms with Gasteiger partial charge in [0.25, 0.3) is 0 Å². The van der Waals surface area contributed by atoms with Gasteiger partial charge in [-0.3, -0.25) is 9.59 Å². The van der Waals surface area contributed by atoms with E-state index in [9.17, 15) is 9.59 Å². The van der Waals surface area contributed by atoms with Gasteiger partial charge in [0.1, 0.15) is 19.0 Å². The van der Waals surface area contributed by atoms with E-state index < -0.39 is 5.97 Å². The normalized spacial score (nSPS) is 14.0. The highest BCUT2D eigenvalue weighted by Crippen LogP contribution is 2.45. The molecule has 1 fully saturated rings. The van der Waals surface area contributed by atoms with Gasteiger partial charge in [-0.1, -0.05) is 21.4 Å². The van der Waals surface area contributed by atoms with Gasteiger partial charge in [-0.15, -0.1) is 0 Å². The third kappa shape index (κ3) is 9.07. The Hall–Kier alpha value is -1.56. The van der Waals surface area contributed by atoms with Crippen molar-refractivity contribution in [2.75, 3.05) is 26.6 Å². The standard InChI is InChI=1S/C13H20O6.2CH4/c1-10(8-18-11(2)14)19-9-16-6-7-17-12(15)13(3)4-5-13;;/h1,4-9H2,2-3H3;2*1H4. The van der Waals surface area contributed by atoms with Crippen LogP contribution in [0.1, 0.15) is 41.5 Å². The lowest BCUT2D eigenvalue weighted by molar-refractivity contribution is -0.152. The van der Waals surface area contributed by atoms with Crippen LogP contribution < -0.4 is 0 Å². The summed E-state index contributed by atoms with van der Waals surface area (Å²) in [6, 6.07) is 0. The molecule has 21 heavy (non-hydrogen) atoms. The number of ether oxygens (including phenoxy) is 4. The molecule has 6 heteroatoms. The highest BCUT2D eigenvalue weighted by molar-refractivity contribution is 5.79. The van der Waals surface area contributed by atoms with Crippen molar-refractivity contribution in [2.24, 2.45) is 5.41 Å². The van der Waals surface area contributed by atoms with E-state index in [1.807, 2.05) is 6.92 Å². The summed E-state index contributed by atoms with van der Waals surface area (Å²) in [4.78, 5) is 22.0. The van der Waals surface area contributed by atoms with Crippen molar-refractivity contribution in [3.63, 3.8) is 0 Å². The van der Waals surface area contributed by atoms with E-state index in [4.69, 9.17) is 14.2 Å². The maximum atomic E-state index is 11.4. The molecule has 0 heterocycles. The Morgan fingerprint density at radius 3 is 2.24 bits per heavy atom. The summed E-state index contributed by atoms with van der Waals surface area (Å²) in [7, 11) is 0. The highest BCUT2D eigenvalue weighted by Gasteiger charge is 2.46. The van der Waals surface area contributed by atoms with Crippen LogP contribution in [0.3, 0.4) is 0 Å². The molecule has 0 amide bonds. The van der Waals surface area contributed by atoms with Crippen LogP contribution in [0.2, 0.25) is 0 Å². The molecule has 0 atom stereocenters. The molecule has 1 rings (SSSR count). The quantitative estimate of drug-likeness (QED) is 0.282. The minimum Gasteiger partial charge on any atom is -0.469 e. The number of hydrogen-bond acceptors (Lipinski definition) is 6. The summed E-state index contributed by atoms with van der Waals surface area (Å²) < 4.78 is 19.9. The fourth-order valence-corrected chi connectivity index (χ4v) is 1.17. The Labute approximate surface area is 127 Å². The Bertz CT molecular complexity index is 346. The summed E-state index contributed by atoms with van der Waals surface area (Å²) in [5, 5.41) is 0. The van der Waals surface area contributed by atoms with Gasteiger partial charge in [-0.25, -0.2) is 0 Å². The molecule has 6 nitrogen and oxygen atoms in total. The van der Waals surface area contributed by atoms with Crippen LogP contribution in [0, 0.1) is 5.41 Å². The van der Waals surface area contributed by atoms with Crippen molar-refractivity contribution >= 4 is 11.9 Å². The molecule has 0 aromatic heterocycles. The average molecular weight is 304 g/mol. The molecular formula is C15H28O6. The van der Waals surface area contributed by atoms with Crippen molar-refractivity contribution in [1.29, 1.82) is 0 Å². The predicted octanol–water partition coefficient (Wildman–Crippen LogP) is 2.67. The first-order valence-corrected chi connectivity index (χ1v) is 6.13. The van der Waals surface area contributed by atoms with Gasteiger partial charge >= 0.3 is 11.9 Å². The Morgan fingerprint density at radius 2 is 1.71 bits per heavy atom. The molecule has 0 unspecified atom stereocenters. The van der Waals surface area contributed by atoms with Gasteiger partial charge in [0.05, 0.1) is 12.0 Å². The minimum atomic E-state index is -0.397. The van der Waals surface area contributed by atoms with Crippen LogP contribution in [0.15, 0.2) is 12.3 Å². The molecule has 1 aliphatic carbocycles. The lowest BCUT2D eigenvalue weighted by Gasteiger charge is -2.11. The summed E-state index contributed by atoms with van der Waals surface area (Å²) in [6.45, 7) is 7.18. The molecule has 0 bridgehead atoms. The van der Waals surface area contributed by atoms with Crippen LogP contribution in [0.4, 0.5) is 0 Å². The van der Waals surface area contributed by atoms with E-state index in [-0.39, 0.29) is 52.9 Å². The summed E-state index contributed by atoms with van der Waals surface area (Å²) in [5.41, 5.74) is -0.269. The van der Waals surface area contributed by atoms with Crippen LogP contribution in [-0.4, -0.2) is 38.6 Å². The summed E-state index contributed by atoms with van der Waals surface area (Å²) in [6.07, 6.45) is 1.79.